The zero-order valence-corrected chi connectivity index (χ0v) is 16.8. The number of quaternary nitrogens is 1. The first-order chi connectivity index (χ1) is 12.9. The smallest absolute Gasteiger partial charge is 0.151 e. The minimum absolute atomic E-state index is 0.507. The Morgan fingerprint density at radius 3 is 2.92 bits per heavy atom. The van der Waals surface area contributed by atoms with Crippen molar-refractivity contribution in [2.45, 2.75) is 31.8 Å². The largest absolute Gasteiger partial charge is 0.322 e. The summed E-state index contributed by atoms with van der Waals surface area (Å²) in [7, 11) is 0. The summed E-state index contributed by atoms with van der Waals surface area (Å²) in [4.78, 5) is 11.5. The third-order valence-corrected chi connectivity index (χ3v) is 7.84. The van der Waals surface area contributed by atoms with Crippen molar-refractivity contribution < 1.29 is 4.90 Å². The number of nitrogens with one attached hydrogen (secondary N) is 1. The van der Waals surface area contributed by atoms with Crippen molar-refractivity contribution in [3.8, 4) is 10.6 Å². The van der Waals surface area contributed by atoms with Crippen LogP contribution in [0.4, 0.5) is 0 Å². The first kappa shape index (κ1) is 16.6. The number of likely N-dealkylation sites (tertiary alicyclic amines) is 1. The number of piperidine rings is 1. The Bertz CT molecular complexity index is 969. The van der Waals surface area contributed by atoms with Gasteiger partial charge in [0.05, 0.1) is 16.8 Å². The van der Waals surface area contributed by atoms with Gasteiger partial charge in [-0.2, -0.15) is 11.3 Å². The molecule has 3 aromatic heterocycles. The fourth-order valence-corrected chi connectivity index (χ4v) is 6.46. The van der Waals surface area contributed by atoms with Gasteiger partial charge in [-0.25, -0.2) is 9.97 Å². The lowest BCUT2D eigenvalue weighted by atomic mass is 10.0. The molecule has 132 valence electrons. The molecule has 1 aliphatic heterocycles. The molecular formula is C20H20N3S3+. The van der Waals surface area contributed by atoms with E-state index in [1.165, 1.54) is 46.8 Å². The van der Waals surface area contributed by atoms with Crippen molar-refractivity contribution in [1.29, 1.82) is 0 Å². The van der Waals surface area contributed by atoms with Gasteiger partial charge in [0.15, 0.2) is 5.01 Å². The first-order valence-electron chi connectivity index (χ1n) is 9.04. The van der Waals surface area contributed by atoms with E-state index in [0.29, 0.717) is 6.04 Å². The lowest BCUT2D eigenvalue weighted by Crippen LogP contribution is -3.11. The molecule has 1 aromatic carbocycles. The maximum atomic E-state index is 4.96. The molecule has 1 fully saturated rings. The maximum Gasteiger partial charge on any atom is 0.151 e. The standard InChI is InChI=1S/C20H19N3S3/c1-2-7-18-16(5-1)22-20(26-18)17-6-3-4-9-23(17)11-15-13-25-19(21-15)14-8-10-24-12-14/h1-2,5,7-8,10,12-13,17H,3-4,6,9,11H2/p+1/t17-/m1/s1. The Morgan fingerprint density at radius 1 is 1.08 bits per heavy atom. The van der Waals surface area contributed by atoms with E-state index in [4.69, 9.17) is 9.97 Å². The van der Waals surface area contributed by atoms with Crippen molar-refractivity contribution in [3.05, 3.63) is 57.2 Å². The van der Waals surface area contributed by atoms with Crippen molar-refractivity contribution in [2.75, 3.05) is 6.54 Å². The van der Waals surface area contributed by atoms with Crippen LogP contribution >= 0.6 is 34.0 Å². The van der Waals surface area contributed by atoms with Gasteiger partial charge in [-0.05, 0) is 36.4 Å². The van der Waals surface area contributed by atoms with E-state index in [1.54, 1.807) is 27.6 Å². The molecule has 2 atom stereocenters. The highest BCUT2D eigenvalue weighted by molar-refractivity contribution is 7.18. The predicted octanol–water partition coefficient (Wildman–Crippen LogP) is 4.79. The molecule has 0 bridgehead atoms. The molecular weight excluding hydrogens is 378 g/mol. The number of rotatable bonds is 4. The SMILES string of the molecule is c1ccc2sc([C@H]3CCCC[NH+]3Cc3csc(-c4ccsc4)n3)nc2c1. The van der Waals surface area contributed by atoms with Crippen LogP contribution in [0.5, 0.6) is 0 Å². The van der Waals surface area contributed by atoms with Crippen LogP contribution in [-0.4, -0.2) is 16.5 Å². The Labute approximate surface area is 165 Å². The van der Waals surface area contributed by atoms with Gasteiger partial charge in [-0.15, -0.1) is 22.7 Å². The van der Waals surface area contributed by atoms with Crippen molar-refractivity contribution in [1.82, 2.24) is 9.97 Å². The third kappa shape index (κ3) is 3.22. The number of nitrogens with zero attached hydrogens (tertiary/aromatic N) is 2. The molecule has 4 aromatic rings. The Hall–Kier alpha value is -1.60. The zero-order valence-electron chi connectivity index (χ0n) is 14.4. The number of benzene rings is 1. The lowest BCUT2D eigenvalue weighted by Gasteiger charge is -2.30. The second-order valence-corrected chi connectivity index (χ2v) is 9.51. The van der Waals surface area contributed by atoms with E-state index >= 15 is 0 Å². The van der Waals surface area contributed by atoms with Crippen LogP contribution in [0.15, 0.2) is 46.5 Å². The summed E-state index contributed by atoms with van der Waals surface area (Å²) in [5.74, 6) is 0. The topological polar surface area (TPSA) is 30.2 Å². The van der Waals surface area contributed by atoms with Gasteiger partial charge in [-0.3, -0.25) is 0 Å². The fraction of sp³-hybridized carbons (Fsp3) is 0.300. The number of aromatic nitrogens is 2. The van der Waals surface area contributed by atoms with Crippen LogP contribution in [0.3, 0.4) is 0 Å². The molecule has 3 nitrogen and oxygen atoms in total. The van der Waals surface area contributed by atoms with E-state index in [2.05, 4.69) is 46.5 Å². The summed E-state index contributed by atoms with van der Waals surface area (Å²) in [6, 6.07) is 11.2. The van der Waals surface area contributed by atoms with Gasteiger partial charge in [0.25, 0.3) is 0 Å². The van der Waals surface area contributed by atoms with Gasteiger partial charge in [0.1, 0.15) is 23.3 Å². The minimum Gasteiger partial charge on any atom is -0.322 e. The lowest BCUT2D eigenvalue weighted by molar-refractivity contribution is -0.950. The molecule has 1 saturated heterocycles. The summed E-state index contributed by atoms with van der Waals surface area (Å²) >= 11 is 5.37. The monoisotopic (exact) mass is 398 g/mol. The van der Waals surface area contributed by atoms with E-state index in [1.807, 2.05) is 11.3 Å². The second-order valence-electron chi connectivity index (χ2n) is 6.81. The fourth-order valence-electron chi connectivity index (χ4n) is 3.77. The molecule has 0 radical (unpaired) electrons. The number of hydrogen-bond acceptors (Lipinski definition) is 5. The van der Waals surface area contributed by atoms with Crippen LogP contribution in [-0.2, 0) is 6.54 Å². The van der Waals surface area contributed by atoms with Gasteiger partial charge in [-0.1, -0.05) is 12.1 Å². The summed E-state index contributed by atoms with van der Waals surface area (Å²) < 4.78 is 1.31. The normalized spacial score (nSPS) is 20.6. The highest BCUT2D eigenvalue weighted by atomic mass is 32.1. The number of fused-ring (bicyclic) bond motifs is 1. The Balaban J connectivity index is 1.39. The molecule has 4 heterocycles. The summed E-state index contributed by atoms with van der Waals surface area (Å²) in [5.41, 5.74) is 3.62. The van der Waals surface area contributed by atoms with Crippen LogP contribution in [0.1, 0.15) is 36.0 Å². The van der Waals surface area contributed by atoms with Crippen LogP contribution in [0.2, 0.25) is 0 Å². The molecule has 0 aliphatic carbocycles. The van der Waals surface area contributed by atoms with Gasteiger partial charge >= 0.3 is 0 Å². The molecule has 1 N–H and O–H groups in total. The molecule has 1 unspecified atom stereocenters. The highest BCUT2D eigenvalue weighted by Crippen LogP contribution is 2.29. The van der Waals surface area contributed by atoms with E-state index in [-0.39, 0.29) is 0 Å². The zero-order chi connectivity index (χ0) is 17.3. The number of thiazole rings is 2. The molecule has 6 heteroatoms. The molecule has 26 heavy (non-hydrogen) atoms. The quantitative estimate of drug-likeness (QED) is 0.536. The summed E-state index contributed by atoms with van der Waals surface area (Å²) in [5, 5.41) is 8.99. The van der Waals surface area contributed by atoms with E-state index < -0.39 is 0 Å². The summed E-state index contributed by atoms with van der Waals surface area (Å²) in [6.45, 7) is 2.22. The predicted molar refractivity (Wildman–Crippen MR) is 111 cm³/mol. The highest BCUT2D eigenvalue weighted by Gasteiger charge is 2.31. The minimum atomic E-state index is 0.507. The molecule has 0 saturated carbocycles. The van der Waals surface area contributed by atoms with E-state index in [0.717, 1.165) is 17.1 Å². The molecule has 1 aliphatic rings. The van der Waals surface area contributed by atoms with Crippen LogP contribution < -0.4 is 4.90 Å². The van der Waals surface area contributed by atoms with Crippen LogP contribution in [0, 0.1) is 0 Å². The third-order valence-electron chi connectivity index (χ3n) is 5.07. The van der Waals surface area contributed by atoms with E-state index in [9.17, 15) is 0 Å². The van der Waals surface area contributed by atoms with Crippen molar-refractivity contribution in [2.24, 2.45) is 0 Å². The van der Waals surface area contributed by atoms with Gasteiger partial charge in [0, 0.05) is 22.7 Å². The number of thiophene rings is 1. The molecule has 0 spiro atoms. The Kier molecular flexibility index (Phi) is 4.58. The maximum absolute atomic E-state index is 4.96. The van der Waals surface area contributed by atoms with Crippen molar-refractivity contribution in [3.63, 3.8) is 0 Å². The van der Waals surface area contributed by atoms with Crippen molar-refractivity contribution >= 4 is 44.2 Å². The molecule has 0 amide bonds. The van der Waals surface area contributed by atoms with Crippen LogP contribution in [0.25, 0.3) is 20.8 Å². The van der Waals surface area contributed by atoms with Gasteiger partial charge < -0.3 is 4.90 Å². The number of para-hydroxylation sites is 1. The average molecular weight is 399 g/mol. The number of hydrogen-bond donors (Lipinski definition) is 1. The second kappa shape index (κ2) is 7.19. The Morgan fingerprint density at radius 2 is 2.04 bits per heavy atom. The summed E-state index contributed by atoms with van der Waals surface area (Å²) in [6.07, 6.45) is 3.84. The van der Waals surface area contributed by atoms with Gasteiger partial charge in [0.2, 0.25) is 0 Å². The first-order valence-corrected chi connectivity index (χ1v) is 11.7. The molecule has 5 rings (SSSR count). The average Bonchev–Trinajstić information content (AvgIpc) is 3.42.